The third-order valence-corrected chi connectivity index (χ3v) is 5.49. The molecule has 2 heterocycles. The van der Waals surface area contributed by atoms with Crippen LogP contribution in [-0.2, 0) is 4.74 Å². The van der Waals surface area contributed by atoms with Gasteiger partial charge >= 0.3 is 6.04 Å². The molecule has 2 unspecified atom stereocenters. The first-order valence-electron chi connectivity index (χ1n) is 11.9. The summed E-state index contributed by atoms with van der Waals surface area (Å²) in [5, 5.41) is 0. The zero-order valence-corrected chi connectivity index (χ0v) is 19.0. The number of nitrogens with zero attached hydrogens (tertiary/aromatic N) is 1. The average molecular weight is 440 g/mol. The minimum atomic E-state index is -2.28. The molecule has 1 saturated heterocycles. The predicted octanol–water partition coefficient (Wildman–Crippen LogP) is 6.69. The summed E-state index contributed by atoms with van der Waals surface area (Å²) in [6, 6.07) is 10.3. The molecule has 0 bridgehead atoms. The van der Waals surface area contributed by atoms with Crippen LogP contribution in [0.1, 0.15) is 70.4 Å². The van der Waals surface area contributed by atoms with Gasteiger partial charge in [-0.3, -0.25) is 0 Å². The molecule has 0 amide bonds. The van der Waals surface area contributed by atoms with Gasteiger partial charge in [0.15, 0.2) is 11.4 Å². The van der Waals surface area contributed by atoms with Gasteiger partial charge in [0.05, 0.1) is 13.2 Å². The highest BCUT2D eigenvalue weighted by Crippen LogP contribution is 2.35. The standard InChI is InChI=1S/C27H34FNO3/c1-2-3-4-5-6-7-11-21-30-26-17-12-20-29-25(26)19-18-23-14-13-22-31-27(23,28)32-24-15-9-8-10-16-24/h8-10,12,15-17,20,23H,2-7,11,13-14,21-22H2,1H3. The molecule has 32 heavy (non-hydrogen) atoms. The first kappa shape index (κ1) is 24.1. The van der Waals surface area contributed by atoms with Gasteiger partial charge in [0.25, 0.3) is 0 Å². The fourth-order valence-corrected chi connectivity index (χ4v) is 3.68. The molecule has 0 spiro atoms. The van der Waals surface area contributed by atoms with Gasteiger partial charge in [0, 0.05) is 6.20 Å². The summed E-state index contributed by atoms with van der Waals surface area (Å²) in [6.45, 7) is 3.16. The summed E-state index contributed by atoms with van der Waals surface area (Å²) in [5.41, 5.74) is 0.517. The molecule has 3 rings (SSSR count). The number of hydrogen-bond acceptors (Lipinski definition) is 4. The van der Waals surface area contributed by atoms with E-state index in [-0.39, 0.29) is 0 Å². The lowest BCUT2D eigenvalue weighted by Crippen LogP contribution is -2.45. The summed E-state index contributed by atoms with van der Waals surface area (Å²) >= 11 is 0. The lowest BCUT2D eigenvalue weighted by atomic mass is 9.99. The van der Waals surface area contributed by atoms with Crippen molar-refractivity contribution >= 4 is 0 Å². The van der Waals surface area contributed by atoms with Gasteiger partial charge in [-0.05, 0) is 49.4 Å². The van der Waals surface area contributed by atoms with Gasteiger partial charge in [0.2, 0.25) is 0 Å². The second-order valence-electron chi connectivity index (χ2n) is 8.13. The Morgan fingerprint density at radius 2 is 1.84 bits per heavy atom. The first-order valence-corrected chi connectivity index (χ1v) is 11.9. The molecule has 2 atom stereocenters. The number of halogens is 1. The molecule has 1 aliphatic heterocycles. The van der Waals surface area contributed by atoms with Gasteiger partial charge in [-0.15, -0.1) is 0 Å². The molecule has 4 nitrogen and oxygen atoms in total. The monoisotopic (exact) mass is 439 g/mol. The van der Waals surface area contributed by atoms with E-state index >= 15 is 4.39 Å². The number of benzene rings is 1. The van der Waals surface area contributed by atoms with E-state index in [1.165, 1.54) is 32.1 Å². The Balaban J connectivity index is 1.58. The summed E-state index contributed by atoms with van der Waals surface area (Å²) < 4.78 is 32.4. The Morgan fingerprint density at radius 1 is 1.06 bits per heavy atom. The topological polar surface area (TPSA) is 40.6 Å². The molecule has 1 aliphatic rings. The van der Waals surface area contributed by atoms with Crippen LogP contribution in [0, 0.1) is 17.8 Å². The van der Waals surface area contributed by atoms with Gasteiger partial charge < -0.3 is 14.2 Å². The summed E-state index contributed by atoms with van der Waals surface area (Å²) in [6.07, 6.45) is 11.5. The smallest absolute Gasteiger partial charge is 0.377 e. The van der Waals surface area contributed by atoms with Crippen LogP contribution >= 0.6 is 0 Å². The maximum Gasteiger partial charge on any atom is 0.377 e. The number of unbranched alkanes of at least 4 members (excludes halogenated alkanes) is 6. The summed E-state index contributed by atoms with van der Waals surface area (Å²) in [7, 11) is 0. The Labute approximate surface area is 191 Å². The third kappa shape index (κ3) is 7.53. The number of para-hydroxylation sites is 1. The van der Waals surface area contributed by atoms with E-state index in [4.69, 9.17) is 14.2 Å². The molecule has 0 N–H and O–H groups in total. The SMILES string of the molecule is CCCCCCCCCOc1cccnc1C#CC1CCCOC1(F)Oc1ccccc1. The zero-order valence-electron chi connectivity index (χ0n) is 19.0. The minimum Gasteiger partial charge on any atom is -0.491 e. The normalized spacial score (nSPS) is 20.2. The Bertz CT molecular complexity index is 864. The quantitative estimate of drug-likeness (QED) is 0.289. The van der Waals surface area contributed by atoms with E-state index in [2.05, 4.69) is 23.7 Å². The average Bonchev–Trinajstić information content (AvgIpc) is 2.81. The van der Waals surface area contributed by atoms with Gasteiger partial charge in [0.1, 0.15) is 11.7 Å². The minimum absolute atomic E-state index is 0.303. The summed E-state index contributed by atoms with van der Waals surface area (Å²) in [5.74, 6) is 6.35. The van der Waals surface area contributed by atoms with Gasteiger partial charge in [-0.2, -0.15) is 4.39 Å². The zero-order chi connectivity index (χ0) is 22.5. The number of ether oxygens (including phenoxy) is 3. The van der Waals surface area contributed by atoms with Crippen LogP contribution in [0.25, 0.3) is 0 Å². The Morgan fingerprint density at radius 3 is 2.66 bits per heavy atom. The highest BCUT2D eigenvalue weighted by molar-refractivity contribution is 5.41. The number of aromatic nitrogens is 1. The van der Waals surface area contributed by atoms with Crippen molar-refractivity contribution in [1.82, 2.24) is 4.98 Å². The number of alkyl halides is 1. The molecule has 0 saturated carbocycles. The highest BCUT2D eigenvalue weighted by atomic mass is 19.2. The van der Waals surface area contributed by atoms with E-state index in [1.54, 1.807) is 30.5 Å². The van der Waals surface area contributed by atoms with Crippen molar-refractivity contribution in [2.24, 2.45) is 5.92 Å². The second kappa shape index (κ2) is 13.1. The lowest BCUT2D eigenvalue weighted by Gasteiger charge is -2.34. The number of hydrogen-bond donors (Lipinski definition) is 0. The molecule has 172 valence electrons. The number of rotatable bonds is 11. The van der Waals surface area contributed by atoms with Crippen LogP contribution in [0.3, 0.4) is 0 Å². The second-order valence-corrected chi connectivity index (χ2v) is 8.13. The molecule has 0 aliphatic carbocycles. The molecular formula is C27H34FNO3. The Hall–Kier alpha value is -2.58. The molecule has 1 aromatic heterocycles. The van der Waals surface area contributed by atoms with Crippen molar-refractivity contribution in [3.8, 4) is 23.3 Å². The van der Waals surface area contributed by atoms with Gasteiger partial charge in [-0.25, -0.2) is 4.98 Å². The highest BCUT2D eigenvalue weighted by Gasteiger charge is 2.45. The molecule has 1 aromatic carbocycles. The molecule has 1 fully saturated rings. The van der Waals surface area contributed by atoms with E-state index < -0.39 is 12.0 Å². The Kier molecular flexibility index (Phi) is 9.84. The van der Waals surface area contributed by atoms with Crippen LogP contribution in [0.5, 0.6) is 11.5 Å². The van der Waals surface area contributed by atoms with Crippen molar-refractivity contribution in [3.63, 3.8) is 0 Å². The largest absolute Gasteiger partial charge is 0.491 e. The fourth-order valence-electron chi connectivity index (χ4n) is 3.68. The van der Waals surface area contributed by atoms with Gasteiger partial charge in [-0.1, -0.05) is 69.6 Å². The van der Waals surface area contributed by atoms with Crippen LogP contribution in [0.4, 0.5) is 4.39 Å². The fraction of sp³-hybridized carbons (Fsp3) is 0.519. The van der Waals surface area contributed by atoms with E-state index in [9.17, 15) is 0 Å². The van der Waals surface area contributed by atoms with E-state index in [1.807, 2.05) is 18.2 Å². The molecular weight excluding hydrogens is 405 g/mol. The van der Waals surface area contributed by atoms with Crippen LogP contribution < -0.4 is 9.47 Å². The first-order chi connectivity index (χ1) is 15.7. The van der Waals surface area contributed by atoms with Crippen LogP contribution in [0.2, 0.25) is 0 Å². The molecule has 2 aromatic rings. The van der Waals surface area contributed by atoms with Crippen molar-refractivity contribution in [2.45, 2.75) is 70.8 Å². The van der Waals surface area contributed by atoms with Crippen LogP contribution in [-0.4, -0.2) is 24.2 Å². The third-order valence-electron chi connectivity index (χ3n) is 5.49. The lowest BCUT2D eigenvalue weighted by molar-refractivity contribution is -0.307. The van der Waals surface area contributed by atoms with Crippen molar-refractivity contribution in [2.75, 3.05) is 13.2 Å². The predicted molar refractivity (Wildman–Crippen MR) is 124 cm³/mol. The molecule has 5 heteroatoms. The molecule has 0 radical (unpaired) electrons. The number of pyridine rings is 1. The van der Waals surface area contributed by atoms with Crippen molar-refractivity contribution < 1.29 is 18.6 Å². The van der Waals surface area contributed by atoms with Crippen LogP contribution in [0.15, 0.2) is 48.7 Å². The van der Waals surface area contributed by atoms with E-state index in [0.29, 0.717) is 36.8 Å². The van der Waals surface area contributed by atoms with Crippen molar-refractivity contribution in [1.29, 1.82) is 0 Å². The maximum atomic E-state index is 15.5. The van der Waals surface area contributed by atoms with E-state index in [0.717, 1.165) is 19.3 Å². The summed E-state index contributed by atoms with van der Waals surface area (Å²) in [4.78, 5) is 4.34. The maximum absolute atomic E-state index is 15.5. The van der Waals surface area contributed by atoms with Crippen molar-refractivity contribution in [3.05, 3.63) is 54.4 Å².